The second-order valence-electron chi connectivity index (χ2n) is 7.05. The summed E-state index contributed by atoms with van der Waals surface area (Å²) in [4.78, 5) is 25.0. The van der Waals surface area contributed by atoms with E-state index in [1.807, 2.05) is 0 Å². The lowest BCUT2D eigenvalue weighted by Crippen LogP contribution is -2.51. The molecule has 8 nitrogen and oxygen atoms in total. The third-order valence-electron chi connectivity index (χ3n) is 5.06. The van der Waals surface area contributed by atoms with Gasteiger partial charge in [-0.1, -0.05) is 22.0 Å². The molecule has 1 aromatic carbocycles. The lowest BCUT2D eigenvalue weighted by molar-refractivity contribution is -0.149. The van der Waals surface area contributed by atoms with Crippen LogP contribution in [-0.2, 0) is 28.6 Å². The molecule has 3 rings (SSSR count). The number of esters is 1. The quantitative estimate of drug-likeness (QED) is 0.325. The first-order chi connectivity index (χ1) is 13.7. The van der Waals surface area contributed by atoms with E-state index >= 15 is 0 Å². The summed E-state index contributed by atoms with van der Waals surface area (Å²) in [6.45, 7) is 5.80. The first kappa shape index (κ1) is 21.9. The highest BCUT2D eigenvalue weighted by Gasteiger charge is 2.61. The number of hydrogen-bond acceptors (Lipinski definition) is 7. The summed E-state index contributed by atoms with van der Waals surface area (Å²) in [5.74, 6) is -1.06. The number of hydrogen-bond donors (Lipinski definition) is 2. The van der Waals surface area contributed by atoms with Crippen molar-refractivity contribution in [3.8, 4) is 0 Å². The van der Waals surface area contributed by atoms with Gasteiger partial charge < -0.3 is 15.4 Å². The predicted octanol–water partition coefficient (Wildman–Crippen LogP) is 1.51. The SMILES string of the molecule is C=C[C@@H]1C[C@]1(NC(=O)[C@@H]1C[C@H](OS(=O)(=O)c2ccc(Br)cc2)CN1)C(=O)OCC. The van der Waals surface area contributed by atoms with Crippen LogP contribution in [0.2, 0.25) is 0 Å². The van der Waals surface area contributed by atoms with Crippen molar-refractivity contribution >= 4 is 37.9 Å². The summed E-state index contributed by atoms with van der Waals surface area (Å²) in [6.07, 6.45) is 1.54. The van der Waals surface area contributed by atoms with Crippen molar-refractivity contribution in [3.05, 3.63) is 41.4 Å². The molecule has 1 heterocycles. The number of halogens is 1. The van der Waals surface area contributed by atoms with Gasteiger partial charge in [0.05, 0.1) is 23.6 Å². The van der Waals surface area contributed by atoms with E-state index in [4.69, 9.17) is 8.92 Å². The van der Waals surface area contributed by atoms with Gasteiger partial charge in [-0.3, -0.25) is 8.98 Å². The number of carbonyl (C=O) groups excluding carboxylic acids is 2. The Kier molecular flexibility index (Phi) is 6.47. The maximum atomic E-state index is 12.7. The van der Waals surface area contributed by atoms with E-state index in [0.717, 1.165) is 4.47 Å². The van der Waals surface area contributed by atoms with Crippen LogP contribution in [0.15, 0.2) is 46.3 Å². The predicted molar refractivity (Wildman–Crippen MR) is 108 cm³/mol. The fourth-order valence-corrected chi connectivity index (χ4v) is 4.73. The topological polar surface area (TPSA) is 111 Å². The standard InChI is InChI=1S/C19H23BrN2O6S/c1-3-12-10-19(12,18(24)27-4-2)22-17(23)16-9-14(11-21-16)28-29(25,26)15-7-5-13(20)6-8-15/h3,5-8,12,14,16,21H,1,4,9-11H2,2H3,(H,22,23)/t12-,14+,16+,19-/m1/s1. The van der Waals surface area contributed by atoms with Gasteiger partial charge >= 0.3 is 5.97 Å². The second-order valence-corrected chi connectivity index (χ2v) is 9.54. The molecule has 2 aliphatic rings. The lowest BCUT2D eigenvalue weighted by atomic mass is 10.1. The molecule has 1 amide bonds. The molecule has 0 bridgehead atoms. The van der Waals surface area contributed by atoms with E-state index < -0.39 is 39.7 Å². The third-order valence-corrected chi connectivity index (χ3v) is 6.96. The molecule has 4 atom stereocenters. The molecule has 1 aliphatic heterocycles. The average Bonchev–Trinajstić information content (AvgIpc) is 3.20. The van der Waals surface area contributed by atoms with Crippen LogP contribution in [-0.4, -0.2) is 51.1 Å². The maximum Gasteiger partial charge on any atom is 0.332 e. The van der Waals surface area contributed by atoms with Crippen molar-refractivity contribution in [2.24, 2.45) is 5.92 Å². The molecule has 0 unspecified atom stereocenters. The smallest absolute Gasteiger partial charge is 0.332 e. The van der Waals surface area contributed by atoms with Gasteiger partial charge in [-0.25, -0.2) is 4.79 Å². The van der Waals surface area contributed by atoms with Crippen molar-refractivity contribution in [1.29, 1.82) is 0 Å². The van der Waals surface area contributed by atoms with Gasteiger partial charge in [0.25, 0.3) is 10.1 Å². The van der Waals surface area contributed by atoms with Crippen molar-refractivity contribution in [2.45, 2.75) is 42.3 Å². The van der Waals surface area contributed by atoms with Crippen molar-refractivity contribution < 1.29 is 26.9 Å². The van der Waals surface area contributed by atoms with Gasteiger partial charge in [0.1, 0.15) is 5.54 Å². The number of nitrogens with one attached hydrogen (secondary N) is 2. The molecule has 10 heteroatoms. The zero-order chi connectivity index (χ0) is 21.2. The Hall–Kier alpha value is -1.75. The van der Waals surface area contributed by atoms with Gasteiger partial charge in [-0.05, 0) is 37.6 Å². The van der Waals surface area contributed by atoms with Crippen LogP contribution in [0, 0.1) is 5.92 Å². The molecule has 2 fully saturated rings. The van der Waals surface area contributed by atoms with Gasteiger partial charge in [-0.2, -0.15) is 8.42 Å². The number of benzene rings is 1. The molecule has 2 N–H and O–H groups in total. The van der Waals surface area contributed by atoms with Crippen molar-refractivity contribution in [3.63, 3.8) is 0 Å². The van der Waals surface area contributed by atoms with Crippen LogP contribution >= 0.6 is 15.9 Å². The molecular weight excluding hydrogens is 464 g/mol. The zero-order valence-corrected chi connectivity index (χ0v) is 18.3. The monoisotopic (exact) mass is 486 g/mol. The number of rotatable bonds is 8. The summed E-state index contributed by atoms with van der Waals surface area (Å²) in [5, 5.41) is 5.72. The minimum Gasteiger partial charge on any atom is -0.464 e. The minimum absolute atomic E-state index is 0.0432. The highest BCUT2D eigenvalue weighted by Crippen LogP contribution is 2.45. The van der Waals surface area contributed by atoms with Crippen molar-refractivity contribution in [2.75, 3.05) is 13.2 Å². The fourth-order valence-electron chi connectivity index (χ4n) is 3.38. The van der Waals surface area contributed by atoms with E-state index in [9.17, 15) is 18.0 Å². The molecule has 0 aromatic heterocycles. The first-order valence-corrected chi connectivity index (χ1v) is 11.5. The average molecular weight is 487 g/mol. The van der Waals surface area contributed by atoms with E-state index in [0.29, 0.717) is 6.42 Å². The summed E-state index contributed by atoms with van der Waals surface area (Å²) in [5.41, 5.74) is -1.08. The van der Waals surface area contributed by atoms with Crippen LogP contribution in [0.1, 0.15) is 19.8 Å². The molecule has 1 saturated carbocycles. The Labute approximate surface area is 178 Å². The molecule has 0 radical (unpaired) electrons. The van der Waals surface area contributed by atoms with E-state index in [1.54, 1.807) is 25.1 Å². The van der Waals surface area contributed by atoms with Crippen LogP contribution in [0.4, 0.5) is 0 Å². The first-order valence-electron chi connectivity index (χ1n) is 9.26. The molecular formula is C19H23BrN2O6S. The highest BCUT2D eigenvalue weighted by molar-refractivity contribution is 9.10. The third kappa shape index (κ3) is 4.71. The molecule has 158 valence electrons. The molecule has 1 aromatic rings. The highest BCUT2D eigenvalue weighted by atomic mass is 79.9. The Morgan fingerprint density at radius 2 is 2.07 bits per heavy atom. The molecule has 1 saturated heterocycles. The van der Waals surface area contributed by atoms with Crippen LogP contribution in [0.25, 0.3) is 0 Å². The zero-order valence-electron chi connectivity index (χ0n) is 15.9. The van der Waals surface area contributed by atoms with Crippen molar-refractivity contribution in [1.82, 2.24) is 10.6 Å². The number of carbonyl (C=O) groups is 2. The van der Waals surface area contributed by atoms with Gasteiger partial charge in [0.2, 0.25) is 5.91 Å². The summed E-state index contributed by atoms with van der Waals surface area (Å²) >= 11 is 3.25. The number of ether oxygens (including phenoxy) is 1. The Bertz CT molecular complexity index is 904. The Balaban J connectivity index is 1.60. The van der Waals surface area contributed by atoms with Gasteiger partial charge in [-0.15, -0.1) is 6.58 Å². The fraction of sp³-hybridized carbons (Fsp3) is 0.474. The molecule has 29 heavy (non-hydrogen) atoms. The Morgan fingerprint density at radius 1 is 1.38 bits per heavy atom. The second kappa shape index (κ2) is 8.55. The van der Waals surface area contributed by atoms with E-state index in [-0.39, 0.29) is 30.4 Å². The Morgan fingerprint density at radius 3 is 2.66 bits per heavy atom. The number of amides is 1. The summed E-state index contributed by atoms with van der Waals surface area (Å²) in [7, 11) is -3.95. The van der Waals surface area contributed by atoms with Crippen LogP contribution in [0.5, 0.6) is 0 Å². The van der Waals surface area contributed by atoms with E-state index in [2.05, 4.69) is 33.1 Å². The molecule has 0 spiro atoms. The normalized spacial score (nSPS) is 28.6. The van der Waals surface area contributed by atoms with E-state index in [1.165, 1.54) is 12.1 Å². The van der Waals surface area contributed by atoms with Gasteiger partial charge in [0.15, 0.2) is 0 Å². The van der Waals surface area contributed by atoms with Gasteiger partial charge in [0, 0.05) is 23.4 Å². The summed E-state index contributed by atoms with van der Waals surface area (Å²) in [6, 6.07) is 5.44. The van der Waals surface area contributed by atoms with Crippen LogP contribution < -0.4 is 10.6 Å². The lowest BCUT2D eigenvalue weighted by Gasteiger charge is -2.20. The summed E-state index contributed by atoms with van der Waals surface area (Å²) < 4.78 is 36.0. The minimum atomic E-state index is -3.95. The van der Waals surface area contributed by atoms with Crippen LogP contribution in [0.3, 0.4) is 0 Å². The maximum absolute atomic E-state index is 12.7. The molecule has 1 aliphatic carbocycles. The largest absolute Gasteiger partial charge is 0.464 e.